The SMILES string of the molecule is CCC(C(=O)N1CCCC1C)(c1ccccc1)c1ccccc1. The van der Waals surface area contributed by atoms with Crippen LogP contribution in [-0.2, 0) is 10.2 Å². The van der Waals surface area contributed by atoms with E-state index in [9.17, 15) is 4.79 Å². The summed E-state index contributed by atoms with van der Waals surface area (Å²) in [6.45, 7) is 5.17. The summed E-state index contributed by atoms with van der Waals surface area (Å²) < 4.78 is 0. The highest BCUT2D eigenvalue weighted by Gasteiger charge is 2.44. The number of carbonyl (C=O) groups is 1. The summed E-state index contributed by atoms with van der Waals surface area (Å²) in [5.74, 6) is 0.252. The van der Waals surface area contributed by atoms with Crippen LogP contribution in [0.2, 0.25) is 0 Å². The Morgan fingerprint density at radius 3 is 1.96 bits per heavy atom. The molecule has 3 rings (SSSR count). The monoisotopic (exact) mass is 307 g/mol. The van der Waals surface area contributed by atoms with Gasteiger partial charge < -0.3 is 4.90 Å². The van der Waals surface area contributed by atoms with Gasteiger partial charge in [-0.25, -0.2) is 0 Å². The predicted octanol–water partition coefficient (Wildman–Crippen LogP) is 4.39. The molecule has 2 aromatic rings. The van der Waals surface area contributed by atoms with E-state index in [0.717, 1.165) is 36.9 Å². The summed E-state index contributed by atoms with van der Waals surface area (Å²) in [7, 11) is 0. The summed E-state index contributed by atoms with van der Waals surface area (Å²) in [4.78, 5) is 15.7. The number of hydrogen-bond acceptors (Lipinski definition) is 1. The first kappa shape index (κ1) is 15.8. The predicted molar refractivity (Wildman–Crippen MR) is 94.4 cm³/mol. The summed E-state index contributed by atoms with van der Waals surface area (Å²) >= 11 is 0. The molecular formula is C21H25NO. The van der Waals surface area contributed by atoms with E-state index < -0.39 is 5.41 Å². The number of amides is 1. The zero-order valence-electron chi connectivity index (χ0n) is 14.0. The molecule has 1 amide bonds. The molecule has 0 aromatic heterocycles. The van der Waals surface area contributed by atoms with Crippen molar-refractivity contribution in [3.8, 4) is 0 Å². The first-order valence-electron chi connectivity index (χ1n) is 8.62. The number of benzene rings is 2. The van der Waals surface area contributed by atoms with Crippen LogP contribution in [0, 0.1) is 0 Å². The Hall–Kier alpha value is -2.09. The van der Waals surface area contributed by atoms with Gasteiger partial charge in [-0.1, -0.05) is 67.6 Å². The van der Waals surface area contributed by atoms with Gasteiger partial charge in [0.15, 0.2) is 0 Å². The van der Waals surface area contributed by atoms with E-state index in [0.29, 0.717) is 6.04 Å². The van der Waals surface area contributed by atoms with Gasteiger partial charge in [0.1, 0.15) is 0 Å². The molecule has 1 fully saturated rings. The average molecular weight is 307 g/mol. The van der Waals surface area contributed by atoms with Gasteiger partial charge in [0.2, 0.25) is 5.91 Å². The third-order valence-corrected chi connectivity index (χ3v) is 5.24. The standard InChI is InChI=1S/C21H25NO/c1-3-21(18-12-6-4-7-13-18,19-14-8-5-9-15-19)20(23)22-16-10-11-17(22)2/h4-9,12-15,17H,3,10-11,16H2,1-2H3. The van der Waals surface area contributed by atoms with Gasteiger partial charge in [0.05, 0.1) is 5.41 Å². The number of nitrogens with zero attached hydrogens (tertiary/aromatic N) is 1. The fraction of sp³-hybridized carbons (Fsp3) is 0.381. The summed E-state index contributed by atoms with van der Waals surface area (Å²) in [6, 6.07) is 20.9. The second-order valence-corrected chi connectivity index (χ2v) is 6.48. The van der Waals surface area contributed by atoms with Crippen molar-refractivity contribution in [2.24, 2.45) is 0 Å². The molecule has 1 aliphatic heterocycles. The Kier molecular flexibility index (Phi) is 4.51. The second kappa shape index (κ2) is 6.57. The minimum absolute atomic E-state index is 0.252. The van der Waals surface area contributed by atoms with Crippen LogP contribution >= 0.6 is 0 Å². The van der Waals surface area contributed by atoms with Gasteiger partial charge >= 0.3 is 0 Å². The molecule has 1 atom stereocenters. The Morgan fingerprint density at radius 1 is 1.04 bits per heavy atom. The molecule has 23 heavy (non-hydrogen) atoms. The molecule has 2 heteroatoms. The minimum Gasteiger partial charge on any atom is -0.339 e. The Labute approximate surface area is 139 Å². The molecule has 2 aromatic carbocycles. The fourth-order valence-corrected chi connectivity index (χ4v) is 3.90. The van der Waals surface area contributed by atoms with Crippen molar-refractivity contribution in [3.63, 3.8) is 0 Å². The lowest BCUT2D eigenvalue weighted by Gasteiger charge is -2.38. The molecule has 2 nitrogen and oxygen atoms in total. The number of rotatable bonds is 4. The van der Waals surface area contributed by atoms with Crippen LogP contribution in [-0.4, -0.2) is 23.4 Å². The first-order valence-corrected chi connectivity index (χ1v) is 8.62. The molecule has 0 spiro atoms. The van der Waals surface area contributed by atoms with Crippen molar-refractivity contribution < 1.29 is 4.79 Å². The van der Waals surface area contributed by atoms with Gasteiger partial charge in [0, 0.05) is 12.6 Å². The lowest BCUT2D eigenvalue weighted by Crippen LogP contribution is -2.48. The quantitative estimate of drug-likeness (QED) is 0.820. The number of carbonyl (C=O) groups excluding carboxylic acids is 1. The maximum atomic E-state index is 13.6. The molecule has 120 valence electrons. The van der Waals surface area contributed by atoms with E-state index >= 15 is 0 Å². The average Bonchev–Trinajstić information content (AvgIpc) is 3.04. The van der Waals surface area contributed by atoms with Gasteiger partial charge in [-0.15, -0.1) is 0 Å². The van der Waals surface area contributed by atoms with Crippen LogP contribution in [0.5, 0.6) is 0 Å². The van der Waals surface area contributed by atoms with E-state index in [1.807, 2.05) is 36.4 Å². The first-order chi connectivity index (χ1) is 11.2. The van der Waals surface area contributed by atoms with Crippen molar-refractivity contribution in [2.45, 2.75) is 44.6 Å². The maximum Gasteiger partial charge on any atom is 0.237 e. The van der Waals surface area contributed by atoms with Crippen LogP contribution < -0.4 is 0 Å². The van der Waals surface area contributed by atoms with Crippen LogP contribution in [0.3, 0.4) is 0 Å². The minimum atomic E-state index is -0.582. The Balaban J connectivity index is 2.15. The van der Waals surface area contributed by atoms with E-state index in [1.54, 1.807) is 0 Å². The molecular weight excluding hydrogens is 282 g/mol. The zero-order valence-corrected chi connectivity index (χ0v) is 14.0. The highest BCUT2D eigenvalue weighted by atomic mass is 16.2. The number of hydrogen-bond donors (Lipinski definition) is 0. The molecule has 0 saturated carbocycles. The Morgan fingerprint density at radius 2 is 1.57 bits per heavy atom. The van der Waals surface area contributed by atoms with Gasteiger partial charge in [-0.2, -0.15) is 0 Å². The van der Waals surface area contributed by atoms with Crippen molar-refractivity contribution in [1.29, 1.82) is 0 Å². The van der Waals surface area contributed by atoms with Gasteiger partial charge in [-0.3, -0.25) is 4.79 Å². The molecule has 0 radical (unpaired) electrons. The zero-order chi connectivity index (χ0) is 16.3. The highest BCUT2D eigenvalue weighted by molar-refractivity contribution is 5.92. The fourth-order valence-electron chi connectivity index (χ4n) is 3.90. The molecule has 0 bridgehead atoms. The topological polar surface area (TPSA) is 20.3 Å². The molecule has 0 aliphatic carbocycles. The summed E-state index contributed by atoms with van der Waals surface area (Å²) in [6.07, 6.45) is 2.98. The summed E-state index contributed by atoms with van der Waals surface area (Å²) in [5.41, 5.74) is 1.61. The van der Waals surface area contributed by atoms with E-state index in [4.69, 9.17) is 0 Å². The molecule has 1 heterocycles. The third-order valence-electron chi connectivity index (χ3n) is 5.24. The van der Waals surface area contributed by atoms with Crippen molar-refractivity contribution >= 4 is 5.91 Å². The third kappa shape index (κ3) is 2.67. The highest BCUT2D eigenvalue weighted by Crippen LogP contribution is 2.39. The van der Waals surface area contributed by atoms with Crippen LogP contribution in [0.25, 0.3) is 0 Å². The molecule has 0 N–H and O–H groups in total. The van der Waals surface area contributed by atoms with Gasteiger partial charge in [0.25, 0.3) is 0 Å². The number of likely N-dealkylation sites (tertiary alicyclic amines) is 1. The van der Waals surface area contributed by atoms with Crippen molar-refractivity contribution in [3.05, 3.63) is 71.8 Å². The largest absolute Gasteiger partial charge is 0.339 e. The van der Waals surface area contributed by atoms with Crippen LogP contribution in [0.15, 0.2) is 60.7 Å². The molecule has 1 unspecified atom stereocenters. The smallest absolute Gasteiger partial charge is 0.237 e. The van der Waals surface area contributed by atoms with Crippen molar-refractivity contribution in [2.75, 3.05) is 6.54 Å². The van der Waals surface area contributed by atoms with Gasteiger partial charge in [-0.05, 0) is 37.3 Å². The van der Waals surface area contributed by atoms with Crippen LogP contribution in [0.1, 0.15) is 44.2 Å². The van der Waals surface area contributed by atoms with Crippen molar-refractivity contribution in [1.82, 2.24) is 4.90 Å². The Bertz CT molecular complexity index is 611. The van der Waals surface area contributed by atoms with Crippen LogP contribution in [0.4, 0.5) is 0 Å². The normalized spacial score (nSPS) is 18.2. The lowest BCUT2D eigenvalue weighted by molar-refractivity contribution is -0.136. The molecule has 1 aliphatic rings. The van der Waals surface area contributed by atoms with E-state index in [-0.39, 0.29) is 5.91 Å². The molecule has 1 saturated heterocycles. The summed E-state index contributed by atoms with van der Waals surface area (Å²) in [5, 5.41) is 0. The van der Waals surface area contributed by atoms with E-state index in [1.165, 1.54) is 0 Å². The van der Waals surface area contributed by atoms with E-state index in [2.05, 4.69) is 43.0 Å². The lowest BCUT2D eigenvalue weighted by atomic mass is 9.71. The maximum absolute atomic E-state index is 13.6. The second-order valence-electron chi connectivity index (χ2n) is 6.48.